The normalized spacial score (nSPS) is 16.7. The van der Waals surface area contributed by atoms with E-state index in [1.807, 2.05) is 0 Å². The average Bonchev–Trinajstić information content (AvgIpc) is 2.85. The predicted molar refractivity (Wildman–Crippen MR) is 135 cm³/mol. The van der Waals surface area contributed by atoms with Gasteiger partial charge in [-0.05, 0) is 62.6 Å². The van der Waals surface area contributed by atoms with Crippen molar-refractivity contribution in [3.63, 3.8) is 0 Å². The van der Waals surface area contributed by atoms with E-state index < -0.39 is 57.0 Å². The van der Waals surface area contributed by atoms with Gasteiger partial charge in [0.25, 0.3) is 11.5 Å². The molecule has 3 rings (SSSR count). The Morgan fingerprint density at radius 1 is 1.00 bits per heavy atom. The van der Waals surface area contributed by atoms with Gasteiger partial charge in [0.15, 0.2) is 9.84 Å². The molecule has 0 saturated heterocycles. The largest absolute Gasteiger partial charge is 0.444 e. The van der Waals surface area contributed by atoms with Crippen molar-refractivity contribution >= 4 is 27.5 Å². The van der Waals surface area contributed by atoms with Crippen LogP contribution in [0.15, 0.2) is 47.4 Å². The molecule has 1 unspecified atom stereocenters. The van der Waals surface area contributed by atoms with Crippen molar-refractivity contribution in [1.82, 2.24) is 4.90 Å². The van der Waals surface area contributed by atoms with Crippen molar-refractivity contribution in [2.24, 2.45) is 0 Å². The number of rotatable bonds is 5. The number of anilines is 1. The first-order valence-electron chi connectivity index (χ1n) is 12.2. The number of fused-ring (bicyclic) bond motifs is 1. The van der Waals surface area contributed by atoms with E-state index in [1.54, 1.807) is 20.8 Å². The van der Waals surface area contributed by atoms with Gasteiger partial charge in [-0.3, -0.25) is 9.69 Å². The number of hydrogen-bond donors (Lipinski definition) is 2. The minimum atomic E-state index is -6.08. The van der Waals surface area contributed by atoms with Gasteiger partial charge >= 0.3 is 18.4 Å². The van der Waals surface area contributed by atoms with E-state index in [-0.39, 0.29) is 34.9 Å². The van der Waals surface area contributed by atoms with Crippen molar-refractivity contribution in [1.29, 1.82) is 0 Å². The number of nitrogens with one attached hydrogen (secondary N) is 1. The van der Waals surface area contributed by atoms with Crippen LogP contribution in [0.5, 0.6) is 0 Å². The molecule has 2 amide bonds. The molecule has 2 aromatic carbocycles. The van der Waals surface area contributed by atoms with Gasteiger partial charge in [-0.15, -0.1) is 0 Å². The maximum absolute atomic E-state index is 13.5. The third-order valence-electron chi connectivity index (χ3n) is 6.35. The number of hydrogen-bond acceptors (Lipinski definition) is 6. The van der Waals surface area contributed by atoms with Crippen LogP contribution in [-0.4, -0.2) is 60.7 Å². The summed E-state index contributed by atoms with van der Waals surface area (Å²) in [6.45, 7) is 6.21. The number of amides is 2. The zero-order valence-corrected chi connectivity index (χ0v) is 23.2. The van der Waals surface area contributed by atoms with Gasteiger partial charge < -0.3 is 15.2 Å². The number of ether oxygens (including phenoxy) is 1. The summed E-state index contributed by atoms with van der Waals surface area (Å²) in [5, 5.41) is 12.0. The second-order valence-electron chi connectivity index (χ2n) is 10.4. The highest BCUT2D eigenvalue weighted by atomic mass is 32.2. The Morgan fingerprint density at radius 2 is 1.56 bits per heavy atom. The Balaban J connectivity index is 2.00. The quantitative estimate of drug-likeness (QED) is 0.447. The highest BCUT2D eigenvalue weighted by Crippen LogP contribution is 2.50. The maximum atomic E-state index is 13.5. The van der Waals surface area contributed by atoms with E-state index >= 15 is 0 Å². The lowest BCUT2D eigenvalue weighted by Crippen LogP contribution is -2.53. The van der Waals surface area contributed by atoms with Crippen molar-refractivity contribution in [2.45, 2.75) is 68.6 Å². The molecule has 0 radical (unpaired) electrons. The summed E-state index contributed by atoms with van der Waals surface area (Å²) < 4.78 is 109. The summed E-state index contributed by atoms with van der Waals surface area (Å²) in [5.41, 5.74) is -7.12. The van der Waals surface area contributed by atoms with E-state index in [4.69, 9.17) is 4.74 Å². The highest BCUT2D eigenvalue weighted by molar-refractivity contribution is 7.91. The van der Waals surface area contributed by atoms with Crippen molar-refractivity contribution in [3.05, 3.63) is 59.2 Å². The molecule has 226 valence electrons. The smallest absolute Gasteiger partial charge is 0.430 e. The molecule has 8 nitrogen and oxygen atoms in total. The van der Waals surface area contributed by atoms with Gasteiger partial charge in [0.05, 0.1) is 10.6 Å². The van der Waals surface area contributed by atoms with Crippen LogP contribution in [0.3, 0.4) is 0 Å². The fourth-order valence-electron chi connectivity index (χ4n) is 4.26. The number of aliphatic hydroxyl groups is 1. The van der Waals surface area contributed by atoms with Gasteiger partial charge in [0, 0.05) is 17.8 Å². The number of sulfone groups is 1. The Bertz CT molecular complexity index is 1400. The summed E-state index contributed by atoms with van der Waals surface area (Å²) >= 11 is 0. The standard InChI is InChI=1S/C26H28F6N2O6S/c1-5-41(38,39)18-10-11-19-15(14-18)12-13-34(22(36)40-23(2,3)4)20(19)21(35)33-17-8-6-16(7-9-17)24(37,25(27,28)29)26(30,31)32/h6-11,14,20,37H,5,12-13H2,1-4H3,(H,33,35). The number of alkyl halides is 6. The molecule has 1 atom stereocenters. The van der Waals surface area contributed by atoms with Crippen LogP contribution in [0.1, 0.15) is 50.4 Å². The van der Waals surface area contributed by atoms with Crippen molar-refractivity contribution in [3.8, 4) is 0 Å². The molecule has 2 N–H and O–H groups in total. The van der Waals surface area contributed by atoms with Gasteiger partial charge in [0.1, 0.15) is 11.6 Å². The summed E-state index contributed by atoms with van der Waals surface area (Å²) in [6, 6.07) is 4.90. The lowest BCUT2D eigenvalue weighted by molar-refractivity contribution is -0.376. The molecule has 0 aliphatic carbocycles. The molecular weight excluding hydrogens is 582 g/mol. The van der Waals surface area contributed by atoms with Crippen LogP contribution < -0.4 is 5.32 Å². The molecule has 0 saturated carbocycles. The summed E-state index contributed by atoms with van der Waals surface area (Å²) in [6.07, 6.45) is -12.9. The van der Waals surface area contributed by atoms with E-state index in [2.05, 4.69) is 5.32 Å². The first-order valence-corrected chi connectivity index (χ1v) is 13.9. The van der Waals surface area contributed by atoms with E-state index in [0.717, 1.165) is 17.0 Å². The minimum Gasteiger partial charge on any atom is -0.444 e. The van der Waals surface area contributed by atoms with Crippen molar-refractivity contribution in [2.75, 3.05) is 17.6 Å². The first kappa shape index (κ1) is 32.2. The van der Waals surface area contributed by atoms with Gasteiger partial charge in [-0.2, -0.15) is 26.3 Å². The number of benzene rings is 2. The lowest BCUT2D eigenvalue weighted by atomic mass is 9.91. The zero-order valence-electron chi connectivity index (χ0n) is 22.4. The Kier molecular flexibility index (Phi) is 8.49. The molecule has 0 spiro atoms. The fourth-order valence-corrected chi connectivity index (χ4v) is 5.19. The van der Waals surface area contributed by atoms with Gasteiger partial charge in [-0.1, -0.05) is 25.1 Å². The van der Waals surface area contributed by atoms with Crippen LogP contribution in [0.25, 0.3) is 0 Å². The summed E-state index contributed by atoms with van der Waals surface area (Å²) in [4.78, 5) is 27.6. The Labute approximate surface area is 232 Å². The molecule has 1 aliphatic heterocycles. The fraction of sp³-hybridized carbons (Fsp3) is 0.462. The van der Waals surface area contributed by atoms with E-state index in [9.17, 15) is 49.5 Å². The topological polar surface area (TPSA) is 113 Å². The van der Waals surface area contributed by atoms with Crippen LogP contribution >= 0.6 is 0 Å². The van der Waals surface area contributed by atoms with Gasteiger partial charge in [-0.25, -0.2) is 13.2 Å². The molecular formula is C26H28F6N2O6S. The molecule has 1 heterocycles. The number of halogens is 6. The Hall–Kier alpha value is -3.33. The summed E-state index contributed by atoms with van der Waals surface area (Å²) in [7, 11) is -3.60. The van der Waals surface area contributed by atoms with E-state index in [0.29, 0.717) is 17.7 Å². The molecule has 41 heavy (non-hydrogen) atoms. The second-order valence-corrected chi connectivity index (χ2v) is 12.6. The first-order chi connectivity index (χ1) is 18.6. The molecule has 0 aromatic heterocycles. The van der Waals surface area contributed by atoms with Crippen LogP contribution in [0, 0.1) is 0 Å². The molecule has 1 aliphatic rings. The Morgan fingerprint density at radius 3 is 2.05 bits per heavy atom. The van der Waals surface area contributed by atoms with Crippen molar-refractivity contribution < 1.29 is 54.2 Å². The number of carbonyl (C=O) groups excluding carboxylic acids is 2. The minimum absolute atomic E-state index is 0.0148. The second kappa shape index (κ2) is 10.8. The van der Waals surface area contributed by atoms with Crippen LogP contribution in [-0.2, 0) is 31.4 Å². The van der Waals surface area contributed by atoms with Crippen LogP contribution in [0.4, 0.5) is 36.8 Å². The van der Waals surface area contributed by atoms with Gasteiger partial charge in [0.2, 0.25) is 0 Å². The maximum Gasteiger partial charge on any atom is 0.430 e. The van der Waals surface area contributed by atoms with Crippen LogP contribution in [0.2, 0.25) is 0 Å². The highest BCUT2D eigenvalue weighted by Gasteiger charge is 2.71. The molecule has 0 bridgehead atoms. The molecule has 2 aromatic rings. The molecule has 0 fully saturated rings. The SMILES string of the molecule is CCS(=O)(=O)c1ccc2c(c1)CCN(C(=O)OC(C)(C)C)C2C(=O)Nc1ccc(C(O)(C(F)(F)F)C(F)(F)F)cc1. The zero-order chi connectivity index (χ0) is 31.2. The number of carbonyl (C=O) groups is 2. The molecule has 15 heteroatoms. The average molecular weight is 611 g/mol. The lowest BCUT2D eigenvalue weighted by Gasteiger charge is -2.37. The predicted octanol–water partition coefficient (Wildman–Crippen LogP) is 5.27. The third kappa shape index (κ3) is 6.45. The van der Waals surface area contributed by atoms with E-state index in [1.165, 1.54) is 25.1 Å². The third-order valence-corrected chi connectivity index (χ3v) is 8.08. The number of nitrogens with zero attached hydrogens (tertiary/aromatic N) is 1. The monoisotopic (exact) mass is 610 g/mol. The summed E-state index contributed by atoms with van der Waals surface area (Å²) in [5.74, 6) is -1.06.